The maximum absolute atomic E-state index is 12.4. The molecule has 1 unspecified atom stereocenters. The lowest BCUT2D eigenvalue weighted by atomic mass is 9.67. The first-order valence-corrected chi connectivity index (χ1v) is 8.17. The van der Waals surface area contributed by atoms with Gasteiger partial charge in [0.05, 0.1) is 13.2 Å². The van der Waals surface area contributed by atoms with Gasteiger partial charge in [-0.3, -0.25) is 9.69 Å². The van der Waals surface area contributed by atoms with E-state index in [-0.39, 0.29) is 29.6 Å². The minimum absolute atomic E-state index is 0.0317. The molecule has 5 nitrogen and oxygen atoms in total. The average molecular weight is 317 g/mol. The average Bonchev–Trinajstić information content (AvgIpc) is 2.91. The summed E-state index contributed by atoms with van der Waals surface area (Å²) in [5.41, 5.74) is 0.704. The van der Waals surface area contributed by atoms with Crippen LogP contribution in [0, 0.1) is 5.41 Å². The summed E-state index contributed by atoms with van der Waals surface area (Å²) in [4.78, 5) is 25.8. The Morgan fingerprint density at radius 1 is 1.39 bits per heavy atom. The summed E-state index contributed by atoms with van der Waals surface area (Å²) in [6.45, 7) is 2.16. The van der Waals surface area contributed by atoms with E-state index in [1.807, 2.05) is 30.3 Å². The molecule has 1 heterocycles. The summed E-state index contributed by atoms with van der Waals surface area (Å²) in [6.07, 6.45) is 3.55. The van der Waals surface area contributed by atoms with Crippen LogP contribution in [0.2, 0.25) is 0 Å². The van der Waals surface area contributed by atoms with Gasteiger partial charge in [0.25, 0.3) is 0 Å². The number of carbonyl (C=O) groups is 2. The smallest absolute Gasteiger partial charge is 0.415 e. The quantitative estimate of drug-likeness (QED) is 0.797. The van der Waals surface area contributed by atoms with E-state index < -0.39 is 0 Å². The Morgan fingerprint density at radius 2 is 2.13 bits per heavy atom. The van der Waals surface area contributed by atoms with Gasteiger partial charge in [-0.2, -0.15) is 0 Å². The zero-order chi connectivity index (χ0) is 16.4. The molecule has 0 aromatic heterocycles. The lowest BCUT2D eigenvalue weighted by Crippen LogP contribution is -2.51. The van der Waals surface area contributed by atoms with Gasteiger partial charge in [0.2, 0.25) is 0 Å². The second kappa shape index (κ2) is 6.22. The fourth-order valence-electron chi connectivity index (χ4n) is 3.98. The first-order valence-electron chi connectivity index (χ1n) is 8.17. The van der Waals surface area contributed by atoms with Crippen LogP contribution in [0.5, 0.6) is 0 Å². The van der Waals surface area contributed by atoms with Crippen molar-refractivity contribution in [3.05, 3.63) is 30.3 Å². The van der Waals surface area contributed by atoms with Gasteiger partial charge in [0.15, 0.2) is 0 Å². The zero-order valence-electron chi connectivity index (χ0n) is 13.7. The van der Waals surface area contributed by atoms with Gasteiger partial charge >= 0.3 is 12.1 Å². The molecule has 1 amide bonds. The Hall–Kier alpha value is -2.04. The van der Waals surface area contributed by atoms with Crippen LogP contribution in [0.25, 0.3) is 0 Å². The largest absolute Gasteiger partial charge is 0.469 e. The molecule has 0 N–H and O–H groups in total. The van der Waals surface area contributed by atoms with Crippen molar-refractivity contribution < 1.29 is 19.1 Å². The van der Waals surface area contributed by atoms with Gasteiger partial charge in [-0.1, -0.05) is 25.1 Å². The Balaban J connectivity index is 1.89. The van der Waals surface area contributed by atoms with E-state index in [0.717, 1.165) is 24.9 Å². The fraction of sp³-hybridized carbons (Fsp3) is 0.556. The SMILES string of the molecule is COC(=O)CC[C@@]1(C)CCCC2OC(=O)N(c3ccccc3)[C@H]21. The van der Waals surface area contributed by atoms with Gasteiger partial charge in [-0.25, -0.2) is 4.79 Å². The van der Waals surface area contributed by atoms with Crippen LogP contribution in [0.4, 0.5) is 10.5 Å². The number of anilines is 1. The number of hydrogen-bond acceptors (Lipinski definition) is 4. The van der Waals surface area contributed by atoms with E-state index in [9.17, 15) is 9.59 Å². The third kappa shape index (κ3) is 2.92. The topological polar surface area (TPSA) is 55.8 Å². The van der Waals surface area contributed by atoms with Crippen molar-refractivity contribution in [2.45, 2.75) is 51.2 Å². The molecule has 3 atom stereocenters. The van der Waals surface area contributed by atoms with Gasteiger partial charge in [0, 0.05) is 12.1 Å². The summed E-state index contributed by atoms with van der Waals surface area (Å²) in [6, 6.07) is 9.60. The molecule has 1 aliphatic carbocycles. The molecular weight excluding hydrogens is 294 g/mol. The molecule has 1 aromatic carbocycles. The van der Waals surface area contributed by atoms with Crippen molar-refractivity contribution in [3.8, 4) is 0 Å². The molecule has 5 heteroatoms. The van der Waals surface area contributed by atoms with E-state index in [0.29, 0.717) is 12.8 Å². The monoisotopic (exact) mass is 317 g/mol. The molecule has 124 valence electrons. The van der Waals surface area contributed by atoms with Crippen LogP contribution in [0.3, 0.4) is 0 Å². The second-order valence-corrected chi connectivity index (χ2v) is 6.69. The van der Waals surface area contributed by atoms with Gasteiger partial charge in [0.1, 0.15) is 6.10 Å². The third-order valence-electron chi connectivity index (χ3n) is 5.19. The molecule has 2 aliphatic rings. The predicted octanol–water partition coefficient (Wildman–Crippen LogP) is 3.52. The molecule has 0 spiro atoms. The van der Waals surface area contributed by atoms with Gasteiger partial charge < -0.3 is 9.47 Å². The Labute approximate surface area is 136 Å². The summed E-state index contributed by atoms with van der Waals surface area (Å²) in [7, 11) is 1.41. The van der Waals surface area contributed by atoms with Gasteiger partial charge in [-0.15, -0.1) is 0 Å². The molecular formula is C18H23NO4. The molecule has 0 bridgehead atoms. The molecule has 2 fully saturated rings. The first kappa shape index (κ1) is 15.8. The third-order valence-corrected chi connectivity index (χ3v) is 5.19. The van der Waals surface area contributed by atoms with Crippen LogP contribution >= 0.6 is 0 Å². The number of methoxy groups -OCH3 is 1. The van der Waals surface area contributed by atoms with Crippen molar-refractivity contribution in [2.75, 3.05) is 12.0 Å². The lowest BCUT2D eigenvalue weighted by molar-refractivity contribution is -0.141. The van der Waals surface area contributed by atoms with E-state index in [1.54, 1.807) is 4.90 Å². The fourth-order valence-corrected chi connectivity index (χ4v) is 3.98. The minimum atomic E-state index is -0.280. The number of rotatable bonds is 4. The number of nitrogens with zero attached hydrogens (tertiary/aromatic N) is 1. The van der Waals surface area contributed by atoms with Crippen molar-refractivity contribution in [1.29, 1.82) is 0 Å². The highest BCUT2D eigenvalue weighted by atomic mass is 16.6. The van der Waals surface area contributed by atoms with Crippen molar-refractivity contribution in [3.63, 3.8) is 0 Å². The first-order chi connectivity index (χ1) is 11.0. The van der Waals surface area contributed by atoms with E-state index in [1.165, 1.54) is 7.11 Å². The molecule has 1 saturated carbocycles. The number of para-hydroxylation sites is 1. The summed E-state index contributed by atoms with van der Waals surface area (Å²) < 4.78 is 10.4. The normalized spacial score (nSPS) is 29.8. The maximum atomic E-state index is 12.4. The summed E-state index contributed by atoms with van der Waals surface area (Å²) >= 11 is 0. The Bertz CT molecular complexity index is 588. The highest BCUT2D eigenvalue weighted by molar-refractivity contribution is 5.91. The molecule has 1 saturated heterocycles. The number of benzene rings is 1. The second-order valence-electron chi connectivity index (χ2n) is 6.69. The van der Waals surface area contributed by atoms with E-state index >= 15 is 0 Å². The Kier molecular flexibility index (Phi) is 4.28. The molecule has 1 aromatic rings. The standard InChI is InChI=1S/C18H23NO4/c1-18(12-10-15(20)22-2)11-6-9-14-16(18)19(17(21)23-14)13-7-4-3-5-8-13/h3-5,7-8,14,16H,6,9-12H2,1-2H3/t14?,16-,18-/m1/s1. The zero-order valence-corrected chi connectivity index (χ0v) is 13.7. The van der Waals surface area contributed by atoms with Crippen molar-refractivity contribution >= 4 is 17.7 Å². The van der Waals surface area contributed by atoms with Crippen LogP contribution in [-0.4, -0.2) is 31.3 Å². The molecule has 0 radical (unpaired) electrons. The van der Waals surface area contributed by atoms with Crippen LogP contribution in [-0.2, 0) is 14.3 Å². The maximum Gasteiger partial charge on any atom is 0.415 e. The van der Waals surface area contributed by atoms with Gasteiger partial charge in [-0.05, 0) is 43.2 Å². The van der Waals surface area contributed by atoms with E-state index in [2.05, 4.69) is 6.92 Å². The highest BCUT2D eigenvalue weighted by Gasteiger charge is 2.53. The Morgan fingerprint density at radius 3 is 2.83 bits per heavy atom. The number of fused-ring (bicyclic) bond motifs is 1. The minimum Gasteiger partial charge on any atom is -0.469 e. The highest BCUT2D eigenvalue weighted by Crippen LogP contribution is 2.48. The number of carbonyl (C=O) groups excluding carboxylic acids is 2. The lowest BCUT2D eigenvalue weighted by Gasteiger charge is -2.44. The summed E-state index contributed by atoms with van der Waals surface area (Å²) in [5.74, 6) is -0.204. The van der Waals surface area contributed by atoms with Crippen molar-refractivity contribution in [1.82, 2.24) is 0 Å². The van der Waals surface area contributed by atoms with Crippen LogP contribution in [0.15, 0.2) is 30.3 Å². The van der Waals surface area contributed by atoms with E-state index in [4.69, 9.17) is 9.47 Å². The number of ether oxygens (including phenoxy) is 2. The molecule has 1 aliphatic heterocycles. The molecule has 3 rings (SSSR count). The van der Waals surface area contributed by atoms with Crippen LogP contribution in [0.1, 0.15) is 39.0 Å². The summed E-state index contributed by atoms with van der Waals surface area (Å²) in [5, 5.41) is 0. The number of amides is 1. The van der Waals surface area contributed by atoms with Crippen molar-refractivity contribution in [2.24, 2.45) is 5.41 Å². The predicted molar refractivity (Wildman–Crippen MR) is 86.2 cm³/mol. The number of hydrogen-bond donors (Lipinski definition) is 0. The molecule has 23 heavy (non-hydrogen) atoms. The number of esters is 1. The van der Waals surface area contributed by atoms with Crippen LogP contribution < -0.4 is 4.90 Å².